The lowest BCUT2D eigenvalue weighted by Gasteiger charge is -2.32. The number of hydrogen-bond donors (Lipinski definition) is 1. The van der Waals surface area contributed by atoms with Crippen LogP contribution < -0.4 is 5.46 Å². The number of halogens is 2. The molecular weight excluding hydrogens is 1160 g/mol. The van der Waals surface area contributed by atoms with Crippen molar-refractivity contribution in [3.05, 3.63) is 186 Å². The van der Waals surface area contributed by atoms with Gasteiger partial charge in [-0.1, -0.05) is 58.0 Å². The molecular formula is C61H58BBr2N9O8. The first-order valence-corrected chi connectivity index (χ1v) is 27.5. The summed E-state index contributed by atoms with van der Waals surface area (Å²) in [6.07, 6.45) is 20.9. The quantitative estimate of drug-likeness (QED) is 0.110. The molecule has 0 unspecified atom stereocenters. The van der Waals surface area contributed by atoms with Crippen LogP contribution in [0.1, 0.15) is 111 Å². The van der Waals surface area contributed by atoms with Crippen LogP contribution in [-0.4, -0.2) is 82.1 Å². The van der Waals surface area contributed by atoms with E-state index in [-0.39, 0.29) is 18.3 Å². The third-order valence-corrected chi connectivity index (χ3v) is 15.3. The minimum Gasteiger partial charge on any atom is -0.399 e. The van der Waals surface area contributed by atoms with Crippen molar-refractivity contribution in [1.29, 1.82) is 0 Å². The predicted octanol–water partition coefficient (Wildman–Crippen LogP) is 12.8. The summed E-state index contributed by atoms with van der Waals surface area (Å²) in [6, 6.07) is 18.2. The zero-order chi connectivity index (χ0) is 57.8. The summed E-state index contributed by atoms with van der Waals surface area (Å²) in [6.45, 7) is 20.2. The first kappa shape index (κ1) is 57.6. The van der Waals surface area contributed by atoms with Crippen molar-refractivity contribution >= 4 is 97.0 Å². The smallest absolute Gasteiger partial charge is 0.399 e. The second kappa shape index (κ2) is 24.4. The summed E-state index contributed by atoms with van der Waals surface area (Å²) < 4.78 is 31.5. The van der Waals surface area contributed by atoms with Crippen molar-refractivity contribution in [2.45, 2.75) is 99.8 Å². The molecule has 412 valence electrons. The SMILES string of the molecule is Brc1cnc2c(c1)CC=C2.Cc1noc(C)c1-c1cnc2c(C=O)cn(Cc3ccccc3)c2c1.Cc1noc(C)c1-c1cnc2c(c1)CC=C2C=O.Cc1noc(C)c1B1OC(C)(C)C(C)(C)O1.O=Cc1c[nH]c2cc(Br)cnc12. The van der Waals surface area contributed by atoms with E-state index in [2.05, 4.69) is 113 Å². The van der Waals surface area contributed by atoms with Gasteiger partial charge in [0.05, 0.1) is 72.9 Å². The average Bonchev–Trinajstić information content (AvgIpc) is 4.55. The molecule has 0 saturated carbocycles. The van der Waals surface area contributed by atoms with Crippen LogP contribution in [0.25, 0.3) is 56.0 Å². The Labute approximate surface area is 485 Å². The highest BCUT2D eigenvalue weighted by Crippen LogP contribution is 2.37. The second-order valence-electron chi connectivity index (χ2n) is 20.6. The van der Waals surface area contributed by atoms with Crippen LogP contribution in [0.15, 0.2) is 126 Å². The molecule has 1 saturated heterocycles. The Morgan fingerprint density at radius 1 is 0.654 bits per heavy atom. The first-order valence-electron chi connectivity index (χ1n) is 26.0. The molecule has 0 bridgehead atoms. The number of nitrogens with zero attached hydrogens (tertiary/aromatic N) is 8. The number of aromatic amines is 1. The van der Waals surface area contributed by atoms with Gasteiger partial charge < -0.3 is 32.4 Å². The largest absolute Gasteiger partial charge is 0.500 e. The first-order chi connectivity index (χ1) is 38.8. The van der Waals surface area contributed by atoms with E-state index in [0.717, 1.165) is 131 Å². The van der Waals surface area contributed by atoms with Crippen LogP contribution in [0.3, 0.4) is 0 Å². The average molecular weight is 1220 g/mol. The molecule has 81 heavy (non-hydrogen) atoms. The van der Waals surface area contributed by atoms with Crippen LogP contribution >= 0.6 is 31.9 Å². The maximum Gasteiger partial charge on any atom is 0.500 e. The van der Waals surface area contributed by atoms with Crippen LogP contribution in [-0.2, 0) is 33.5 Å². The molecule has 0 spiro atoms. The minimum atomic E-state index is -0.378. The van der Waals surface area contributed by atoms with Gasteiger partial charge in [0.1, 0.15) is 17.3 Å². The van der Waals surface area contributed by atoms with Gasteiger partial charge in [-0.3, -0.25) is 34.3 Å². The number of H-pyrrole nitrogens is 1. The third-order valence-electron chi connectivity index (χ3n) is 14.4. The van der Waals surface area contributed by atoms with E-state index in [1.54, 1.807) is 24.8 Å². The molecule has 1 aliphatic heterocycles. The normalized spacial score (nSPS) is 14.1. The van der Waals surface area contributed by atoms with Crippen molar-refractivity contribution in [2.24, 2.45) is 0 Å². The van der Waals surface area contributed by atoms with Crippen molar-refractivity contribution in [1.82, 2.24) is 45.0 Å². The van der Waals surface area contributed by atoms with Crippen molar-refractivity contribution in [3.8, 4) is 22.3 Å². The fraction of sp³-hybridized carbons (Fsp3) is 0.246. The lowest BCUT2D eigenvalue weighted by molar-refractivity contribution is -0.103. The summed E-state index contributed by atoms with van der Waals surface area (Å²) in [5, 5.41) is 11.9. The summed E-state index contributed by atoms with van der Waals surface area (Å²) in [5.41, 5.74) is 17.2. The maximum absolute atomic E-state index is 11.4. The van der Waals surface area contributed by atoms with E-state index in [1.165, 1.54) is 11.1 Å². The third kappa shape index (κ3) is 12.5. The Morgan fingerprint density at radius 3 is 1.88 bits per heavy atom. The van der Waals surface area contributed by atoms with Crippen molar-refractivity contribution in [3.63, 3.8) is 0 Å². The number of carbonyl (C=O) groups is 3. The molecule has 2 aliphatic carbocycles. The van der Waals surface area contributed by atoms with Gasteiger partial charge in [-0.2, -0.15) is 0 Å². The highest BCUT2D eigenvalue weighted by atomic mass is 79.9. The summed E-state index contributed by atoms with van der Waals surface area (Å²) in [7, 11) is -0.378. The summed E-state index contributed by atoms with van der Waals surface area (Å²) in [5.74, 6) is 2.31. The number of pyridine rings is 4. The Balaban J connectivity index is 0.000000127. The van der Waals surface area contributed by atoms with Gasteiger partial charge in [-0.05, 0) is 161 Å². The second-order valence-corrected chi connectivity index (χ2v) is 22.4. The molecule has 20 heteroatoms. The Bertz CT molecular complexity index is 3950. The molecule has 0 radical (unpaired) electrons. The Kier molecular flexibility index (Phi) is 17.3. The van der Waals surface area contributed by atoms with E-state index < -0.39 is 0 Å². The van der Waals surface area contributed by atoms with E-state index >= 15 is 0 Å². The number of allylic oxidation sites excluding steroid dienone is 3. The van der Waals surface area contributed by atoms with Gasteiger partial charge in [-0.25, -0.2) is 0 Å². The van der Waals surface area contributed by atoms with Crippen molar-refractivity contribution < 1.29 is 37.3 Å². The van der Waals surface area contributed by atoms with Crippen LogP contribution in [0.4, 0.5) is 0 Å². The van der Waals surface area contributed by atoms with Gasteiger partial charge >= 0.3 is 7.12 Å². The van der Waals surface area contributed by atoms with Gasteiger partial charge in [0.25, 0.3) is 0 Å². The topological polar surface area (TPSA) is 220 Å². The lowest BCUT2D eigenvalue weighted by Crippen LogP contribution is -2.41. The number of hydrogen-bond acceptors (Lipinski definition) is 15. The molecule has 1 aromatic carbocycles. The Hall–Kier alpha value is -8.04. The summed E-state index contributed by atoms with van der Waals surface area (Å²) >= 11 is 6.67. The zero-order valence-corrected chi connectivity index (χ0v) is 49.6. The number of benzene rings is 1. The van der Waals surface area contributed by atoms with Crippen LogP contribution in [0.5, 0.6) is 0 Å². The monoisotopic (exact) mass is 1210 g/mol. The van der Waals surface area contributed by atoms with Gasteiger partial charge in [-0.15, -0.1) is 0 Å². The number of nitrogens with one attached hydrogen (secondary N) is 1. The van der Waals surface area contributed by atoms with Crippen LogP contribution in [0, 0.1) is 41.5 Å². The fourth-order valence-electron chi connectivity index (χ4n) is 9.58. The number of carbonyl (C=O) groups excluding carboxylic acids is 3. The number of aldehydes is 3. The number of fused-ring (bicyclic) bond motifs is 4. The number of rotatable bonds is 8. The molecule has 0 atom stereocenters. The standard InChI is InChI=1S/C20H17N3O2.C14H12N2O2.C11H18BNO3.C8H5BrN2O.C8H6BrN/c1-13-19(14(2)25-22-13)16-8-18-20(21-9-16)17(12-24)11-23(18)10-15-6-4-3-5-7-15;1-8-13(9(2)18-16-8)12-5-10-3-4-11(7-17)14(10)15-6-12;1-7-9(8(2)14-13-7)12-15-10(3,4)11(5,6)16-12;9-6-1-7-8(11-3-6)5(4-12)2-10-7;9-7-4-6-2-1-3-8(6)10-5-7/h3-9,11-12H,10H2,1-2H3;4-7H,3H2,1-2H3;1-6H3;1-4,10H;1,3-5H,2H2. The molecule has 1 N–H and O–H groups in total. The maximum atomic E-state index is 11.4. The molecule has 13 rings (SSSR count). The number of aromatic nitrogens is 9. The van der Waals surface area contributed by atoms with E-state index in [9.17, 15) is 14.4 Å². The fourth-order valence-corrected chi connectivity index (χ4v) is 10.3. The highest BCUT2D eigenvalue weighted by Gasteiger charge is 2.53. The molecule has 17 nitrogen and oxygen atoms in total. The van der Waals surface area contributed by atoms with E-state index in [0.29, 0.717) is 34.3 Å². The highest BCUT2D eigenvalue weighted by molar-refractivity contribution is 9.10. The molecule has 10 aromatic rings. The molecule has 3 aliphatic rings. The molecule has 10 heterocycles. The van der Waals surface area contributed by atoms with E-state index in [1.807, 2.05) is 118 Å². The molecule has 9 aromatic heterocycles. The number of aryl methyl sites for hydroxylation is 6. The Morgan fingerprint density at radius 2 is 1.26 bits per heavy atom. The summed E-state index contributed by atoms with van der Waals surface area (Å²) in [4.78, 5) is 53.0. The van der Waals surface area contributed by atoms with E-state index in [4.69, 9.17) is 22.9 Å². The zero-order valence-electron chi connectivity index (χ0n) is 46.4. The van der Waals surface area contributed by atoms with Gasteiger partial charge in [0, 0.05) is 86.0 Å². The van der Waals surface area contributed by atoms with Crippen LogP contribution in [0.2, 0.25) is 0 Å². The van der Waals surface area contributed by atoms with Gasteiger partial charge in [0.2, 0.25) is 0 Å². The molecule has 1 fully saturated rings. The van der Waals surface area contributed by atoms with Gasteiger partial charge in [0.15, 0.2) is 18.9 Å². The minimum absolute atomic E-state index is 0.326. The molecule has 0 amide bonds. The predicted molar refractivity (Wildman–Crippen MR) is 318 cm³/mol. The lowest BCUT2D eigenvalue weighted by atomic mass is 9.77. The van der Waals surface area contributed by atoms with Crippen molar-refractivity contribution in [2.75, 3.05) is 0 Å².